The van der Waals surface area contributed by atoms with Crippen molar-refractivity contribution < 1.29 is 0 Å². The minimum absolute atomic E-state index is 0.0297. The smallest absolute Gasteiger partial charge is 0.0341 e. The molecule has 1 rings (SSSR count). The fourth-order valence-electron chi connectivity index (χ4n) is 4.81. The first-order valence-electron chi connectivity index (χ1n) is 9.46. The summed E-state index contributed by atoms with van der Waals surface area (Å²) in [4.78, 5) is 2.75. The number of piperazine rings is 1. The lowest BCUT2D eigenvalue weighted by molar-refractivity contribution is -0.207. The highest BCUT2D eigenvalue weighted by atomic mass is 15.4. The van der Waals surface area contributed by atoms with Crippen LogP contribution in [0.3, 0.4) is 0 Å². The summed E-state index contributed by atoms with van der Waals surface area (Å²) in [7, 11) is 0. The summed E-state index contributed by atoms with van der Waals surface area (Å²) in [6.45, 7) is 32.5. The second kappa shape index (κ2) is 5.20. The molecular weight excluding hydrogens is 294 g/mol. The molecule has 24 heavy (non-hydrogen) atoms. The van der Waals surface area contributed by atoms with Crippen LogP contribution in [0.25, 0.3) is 0 Å². The lowest BCUT2D eigenvalue weighted by Crippen LogP contribution is -2.88. The molecule has 3 N–H and O–H groups in total. The Kier molecular flexibility index (Phi) is 4.75. The van der Waals surface area contributed by atoms with Gasteiger partial charge in [0.1, 0.15) is 0 Å². The topological polar surface area (TPSA) is 41.3 Å². The minimum atomic E-state index is -0.290. The molecule has 0 unspecified atom stereocenters. The third-order valence-corrected chi connectivity index (χ3v) is 8.50. The highest BCUT2D eigenvalue weighted by molar-refractivity contribution is 5.23. The van der Waals surface area contributed by atoms with Crippen molar-refractivity contribution in [2.24, 2.45) is 11.1 Å². The van der Waals surface area contributed by atoms with Gasteiger partial charge in [0, 0.05) is 38.6 Å². The van der Waals surface area contributed by atoms with E-state index in [0.29, 0.717) is 0 Å². The first-order chi connectivity index (χ1) is 10.1. The largest absolute Gasteiger partial charge is 0.325 e. The molecule has 0 aromatic carbocycles. The minimum Gasteiger partial charge on any atom is -0.325 e. The van der Waals surface area contributed by atoms with Crippen LogP contribution in [0.5, 0.6) is 0 Å². The van der Waals surface area contributed by atoms with Crippen molar-refractivity contribution in [1.82, 2.24) is 10.2 Å². The van der Waals surface area contributed by atoms with E-state index in [4.69, 9.17) is 5.73 Å². The Bertz CT molecular complexity index is 462. The van der Waals surface area contributed by atoms with Gasteiger partial charge in [-0.25, -0.2) is 0 Å². The normalized spacial score (nSPS) is 27.1. The second-order valence-corrected chi connectivity index (χ2v) is 11.7. The summed E-state index contributed by atoms with van der Waals surface area (Å²) in [5.41, 5.74) is 6.05. The Morgan fingerprint density at radius 3 is 1.21 bits per heavy atom. The fourth-order valence-corrected chi connectivity index (χ4v) is 4.81. The molecule has 0 amide bonds. The maximum atomic E-state index is 6.68. The van der Waals surface area contributed by atoms with Crippen LogP contribution in [0.2, 0.25) is 0 Å². The highest BCUT2D eigenvalue weighted by Gasteiger charge is 2.65. The number of nitrogens with two attached hydrogens (primary N) is 1. The van der Waals surface area contributed by atoms with Gasteiger partial charge in [-0.2, -0.15) is 0 Å². The fraction of sp³-hybridized carbons (Fsp3) is 1.00. The van der Waals surface area contributed by atoms with E-state index in [1.807, 2.05) is 0 Å². The molecule has 1 fully saturated rings. The zero-order valence-electron chi connectivity index (χ0n) is 19.0. The van der Waals surface area contributed by atoms with Gasteiger partial charge >= 0.3 is 0 Å². The van der Waals surface area contributed by atoms with E-state index in [1.54, 1.807) is 0 Å². The first kappa shape index (κ1) is 21.9. The van der Waals surface area contributed by atoms with E-state index in [0.717, 1.165) is 0 Å². The van der Waals surface area contributed by atoms with Gasteiger partial charge < -0.3 is 11.1 Å². The van der Waals surface area contributed by atoms with E-state index in [2.05, 4.69) is 107 Å². The standard InChI is InChI=1S/C21H45N3/c1-15(2,16(3,4)22)19(9,10)24-20(11,12)17(5,6)23-18(7,8)21(24,13)14/h23H,22H2,1-14H3. The summed E-state index contributed by atoms with van der Waals surface area (Å²) >= 11 is 0. The second-order valence-electron chi connectivity index (χ2n) is 11.7. The summed E-state index contributed by atoms with van der Waals surface area (Å²) in [6, 6.07) is 0. The molecule has 0 spiro atoms. The van der Waals surface area contributed by atoms with Crippen molar-refractivity contribution in [2.75, 3.05) is 0 Å². The lowest BCUT2D eigenvalue weighted by Gasteiger charge is -2.73. The van der Waals surface area contributed by atoms with E-state index in [-0.39, 0.29) is 38.6 Å². The van der Waals surface area contributed by atoms with E-state index >= 15 is 0 Å². The Morgan fingerprint density at radius 1 is 0.667 bits per heavy atom. The van der Waals surface area contributed by atoms with Crippen LogP contribution in [0.1, 0.15) is 96.9 Å². The maximum Gasteiger partial charge on any atom is 0.0341 e. The van der Waals surface area contributed by atoms with Crippen molar-refractivity contribution in [3.05, 3.63) is 0 Å². The number of nitrogens with one attached hydrogen (secondary N) is 1. The van der Waals surface area contributed by atoms with Crippen LogP contribution in [0, 0.1) is 5.41 Å². The van der Waals surface area contributed by atoms with E-state index < -0.39 is 0 Å². The third-order valence-electron chi connectivity index (χ3n) is 8.50. The molecule has 1 heterocycles. The summed E-state index contributed by atoms with van der Waals surface area (Å²) < 4.78 is 0. The Balaban J connectivity index is 3.73. The molecule has 0 aromatic heterocycles. The van der Waals surface area contributed by atoms with Gasteiger partial charge in [-0.1, -0.05) is 13.8 Å². The van der Waals surface area contributed by atoms with E-state index in [9.17, 15) is 0 Å². The zero-order chi connectivity index (χ0) is 19.8. The molecule has 0 saturated carbocycles. The van der Waals surface area contributed by atoms with E-state index in [1.165, 1.54) is 0 Å². The molecule has 0 radical (unpaired) electrons. The van der Waals surface area contributed by atoms with Crippen LogP contribution in [-0.2, 0) is 0 Å². The van der Waals surface area contributed by atoms with Crippen LogP contribution in [-0.4, -0.2) is 38.1 Å². The van der Waals surface area contributed by atoms with Gasteiger partial charge in [-0.15, -0.1) is 0 Å². The van der Waals surface area contributed by atoms with Crippen molar-refractivity contribution in [1.29, 1.82) is 0 Å². The average Bonchev–Trinajstić information content (AvgIpc) is 2.21. The molecule has 1 aliphatic heterocycles. The zero-order valence-corrected chi connectivity index (χ0v) is 19.0. The molecule has 0 aliphatic carbocycles. The summed E-state index contributed by atoms with van der Waals surface area (Å²) in [5, 5.41) is 3.93. The number of hydrogen-bond donors (Lipinski definition) is 2. The predicted molar refractivity (Wildman–Crippen MR) is 107 cm³/mol. The van der Waals surface area contributed by atoms with Crippen molar-refractivity contribution >= 4 is 0 Å². The van der Waals surface area contributed by atoms with Crippen molar-refractivity contribution in [3.8, 4) is 0 Å². The molecule has 144 valence electrons. The predicted octanol–water partition coefficient (Wildman–Crippen LogP) is 4.55. The highest BCUT2D eigenvalue weighted by Crippen LogP contribution is 2.54. The molecule has 3 heteroatoms. The molecular formula is C21H45N3. The van der Waals surface area contributed by atoms with Crippen molar-refractivity contribution in [3.63, 3.8) is 0 Å². The third kappa shape index (κ3) is 2.66. The molecule has 0 aromatic rings. The monoisotopic (exact) mass is 339 g/mol. The molecule has 3 nitrogen and oxygen atoms in total. The Hall–Kier alpha value is -0.120. The Labute approximate surface area is 152 Å². The first-order valence-corrected chi connectivity index (χ1v) is 9.46. The van der Waals surface area contributed by atoms with Gasteiger partial charge in [0.15, 0.2) is 0 Å². The molecule has 1 saturated heterocycles. The molecule has 0 bridgehead atoms. The Morgan fingerprint density at radius 2 is 0.958 bits per heavy atom. The number of hydrogen-bond acceptors (Lipinski definition) is 3. The number of nitrogens with zero attached hydrogens (tertiary/aromatic N) is 1. The van der Waals surface area contributed by atoms with Crippen LogP contribution in [0.4, 0.5) is 0 Å². The SMILES string of the molecule is CC(C)(N)C(C)(C)C(C)(C)N1C(C)(C)C(C)(C)NC(C)(C)C1(C)C. The summed E-state index contributed by atoms with van der Waals surface area (Å²) in [6.07, 6.45) is 0. The average molecular weight is 340 g/mol. The van der Waals surface area contributed by atoms with Crippen LogP contribution >= 0.6 is 0 Å². The quantitative estimate of drug-likeness (QED) is 0.792. The van der Waals surface area contributed by atoms with Crippen LogP contribution in [0.15, 0.2) is 0 Å². The lowest BCUT2D eigenvalue weighted by atomic mass is 9.57. The van der Waals surface area contributed by atoms with Gasteiger partial charge in [0.05, 0.1) is 0 Å². The number of rotatable bonds is 3. The maximum absolute atomic E-state index is 6.68. The van der Waals surface area contributed by atoms with Gasteiger partial charge in [0.2, 0.25) is 0 Å². The van der Waals surface area contributed by atoms with Gasteiger partial charge in [0.25, 0.3) is 0 Å². The van der Waals surface area contributed by atoms with Gasteiger partial charge in [-0.05, 0) is 83.1 Å². The molecule has 0 atom stereocenters. The van der Waals surface area contributed by atoms with Crippen molar-refractivity contribution in [2.45, 2.75) is 130 Å². The molecule has 1 aliphatic rings. The van der Waals surface area contributed by atoms with Gasteiger partial charge in [-0.3, -0.25) is 4.90 Å². The van der Waals surface area contributed by atoms with Crippen LogP contribution < -0.4 is 11.1 Å². The summed E-state index contributed by atoms with van der Waals surface area (Å²) in [5.74, 6) is 0.